The molecule has 0 aromatic carbocycles. The summed E-state index contributed by atoms with van der Waals surface area (Å²) in [5.41, 5.74) is 1.37. The summed E-state index contributed by atoms with van der Waals surface area (Å²) in [5.74, 6) is -0.752. The summed E-state index contributed by atoms with van der Waals surface area (Å²) < 4.78 is 69.8. The Morgan fingerprint density at radius 2 is 1.92 bits per heavy atom. The summed E-state index contributed by atoms with van der Waals surface area (Å²) >= 11 is 6.64. The molecular formula is C25H35ClF3N3O4S. The molecule has 208 valence electrons. The molecule has 1 fully saturated rings. The number of ether oxygens (including phenoxy) is 1. The van der Waals surface area contributed by atoms with Gasteiger partial charge in [0, 0.05) is 19.2 Å². The highest BCUT2D eigenvalue weighted by Gasteiger charge is 2.37. The number of amides is 1. The standard InChI is InChI=1S/C25H35ClF3N3O4S/c1-5-21-31-22(24(33)30-14-16-6-9-18(10-7-16)37(4,34)35)23(26)32(21)19-11-8-17(13-20(19)36-3)12-15(2)25(27,28)29/h13,15-16,18H,5-12,14H2,1-4H3,(H,30,33)/t15?,16-,18-. The average molecular weight is 566 g/mol. The second-order valence-corrected chi connectivity index (χ2v) is 12.7. The number of nitrogens with zero attached hydrogens (tertiary/aromatic N) is 2. The third kappa shape index (κ3) is 7.10. The normalized spacial score (nSPS) is 22.0. The molecule has 0 saturated heterocycles. The van der Waals surface area contributed by atoms with E-state index in [1.54, 1.807) is 10.6 Å². The van der Waals surface area contributed by atoms with Crippen LogP contribution >= 0.6 is 11.6 Å². The van der Waals surface area contributed by atoms with E-state index >= 15 is 0 Å². The van der Waals surface area contributed by atoms with Gasteiger partial charge in [-0.1, -0.05) is 31.0 Å². The fraction of sp³-hybridized carbons (Fsp3) is 0.680. The predicted molar refractivity (Wildman–Crippen MR) is 137 cm³/mol. The van der Waals surface area contributed by atoms with Crippen molar-refractivity contribution in [2.75, 3.05) is 19.9 Å². The number of halogens is 4. The number of sulfone groups is 1. The number of allylic oxidation sites excluding steroid dienone is 3. The second-order valence-electron chi connectivity index (χ2n) is 10.0. The van der Waals surface area contributed by atoms with Crippen molar-refractivity contribution in [2.45, 2.75) is 76.6 Å². The fourth-order valence-electron chi connectivity index (χ4n) is 5.00. The van der Waals surface area contributed by atoms with Gasteiger partial charge < -0.3 is 10.1 Å². The number of rotatable bonds is 9. The molecule has 0 aliphatic heterocycles. The van der Waals surface area contributed by atoms with Crippen LogP contribution in [0.3, 0.4) is 0 Å². The van der Waals surface area contributed by atoms with Crippen LogP contribution in [0.4, 0.5) is 13.2 Å². The van der Waals surface area contributed by atoms with Gasteiger partial charge in [0.05, 0.1) is 24.0 Å². The lowest BCUT2D eigenvalue weighted by Crippen LogP contribution is -2.34. The molecular weight excluding hydrogens is 531 g/mol. The van der Waals surface area contributed by atoms with E-state index in [4.69, 9.17) is 16.3 Å². The van der Waals surface area contributed by atoms with Crippen LogP contribution in [0, 0.1) is 11.8 Å². The van der Waals surface area contributed by atoms with Gasteiger partial charge in [0.1, 0.15) is 26.6 Å². The largest absolute Gasteiger partial charge is 0.495 e. The first-order chi connectivity index (χ1) is 17.3. The van der Waals surface area contributed by atoms with Gasteiger partial charge in [-0.3, -0.25) is 9.36 Å². The molecule has 12 heteroatoms. The molecule has 1 aromatic rings. The lowest BCUT2D eigenvalue weighted by molar-refractivity contribution is -0.169. The van der Waals surface area contributed by atoms with Crippen LogP contribution in [0.1, 0.15) is 75.1 Å². The zero-order valence-corrected chi connectivity index (χ0v) is 23.2. The number of imidazole rings is 1. The zero-order valence-electron chi connectivity index (χ0n) is 21.6. The van der Waals surface area contributed by atoms with Crippen LogP contribution in [0.25, 0.3) is 5.70 Å². The molecule has 1 N–H and O–H groups in total. The number of aromatic nitrogens is 2. The summed E-state index contributed by atoms with van der Waals surface area (Å²) in [6.45, 7) is 3.44. The van der Waals surface area contributed by atoms with Crippen molar-refractivity contribution in [1.29, 1.82) is 0 Å². The summed E-state index contributed by atoms with van der Waals surface area (Å²) in [4.78, 5) is 17.4. The molecule has 0 radical (unpaired) electrons. The van der Waals surface area contributed by atoms with E-state index in [1.807, 2.05) is 6.92 Å². The SMILES string of the molecule is CCc1nc(C(=O)NC[C@H]2CC[C@H](S(C)(=O)=O)CC2)c(Cl)n1C1=C(OC)C=C(CC(C)C(F)(F)F)CC1. The van der Waals surface area contributed by atoms with Crippen molar-refractivity contribution < 1.29 is 31.1 Å². The van der Waals surface area contributed by atoms with Crippen molar-refractivity contribution in [3.8, 4) is 0 Å². The molecule has 1 heterocycles. The molecule has 1 amide bonds. The van der Waals surface area contributed by atoms with Gasteiger partial charge in [0.15, 0.2) is 5.69 Å². The quantitative estimate of drug-likeness (QED) is 0.423. The number of carbonyl (C=O) groups excluding carboxylic acids is 1. The Kier molecular flexibility index (Phi) is 9.42. The Balaban J connectivity index is 1.76. The van der Waals surface area contributed by atoms with Gasteiger partial charge in [0.2, 0.25) is 0 Å². The highest BCUT2D eigenvalue weighted by Crippen LogP contribution is 2.38. The van der Waals surface area contributed by atoms with Gasteiger partial charge in [-0.05, 0) is 56.9 Å². The third-order valence-corrected chi connectivity index (χ3v) is 9.32. The van der Waals surface area contributed by atoms with Gasteiger partial charge in [0.25, 0.3) is 5.91 Å². The van der Waals surface area contributed by atoms with Crippen molar-refractivity contribution in [3.05, 3.63) is 34.1 Å². The molecule has 1 unspecified atom stereocenters. The van der Waals surface area contributed by atoms with Crippen molar-refractivity contribution in [2.24, 2.45) is 11.8 Å². The zero-order chi connectivity index (χ0) is 27.5. The van der Waals surface area contributed by atoms with Crippen LogP contribution in [-0.2, 0) is 21.0 Å². The number of hydrogen-bond donors (Lipinski definition) is 1. The average Bonchev–Trinajstić information content (AvgIpc) is 3.17. The van der Waals surface area contributed by atoms with Crippen molar-refractivity contribution in [1.82, 2.24) is 14.9 Å². The molecule has 2 aliphatic rings. The lowest BCUT2D eigenvalue weighted by atomic mass is 9.89. The first-order valence-electron chi connectivity index (χ1n) is 12.5. The number of hydrogen-bond acceptors (Lipinski definition) is 5. The second kappa shape index (κ2) is 11.8. The molecule has 0 spiro atoms. The maximum absolute atomic E-state index is 13.0. The first kappa shape index (κ1) is 29.5. The first-order valence-corrected chi connectivity index (χ1v) is 14.9. The van der Waals surface area contributed by atoms with Crippen molar-refractivity contribution >= 4 is 33.0 Å². The minimum absolute atomic E-state index is 0.0757. The summed E-state index contributed by atoms with van der Waals surface area (Å²) in [7, 11) is -1.61. The molecule has 2 aliphatic carbocycles. The Bertz CT molecular complexity index is 1170. The van der Waals surface area contributed by atoms with Crippen LogP contribution < -0.4 is 5.32 Å². The molecule has 1 atom stereocenters. The van der Waals surface area contributed by atoms with E-state index in [2.05, 4.69) is 10.3 Å². The number of alkyl halides is 3. The molecule has 1 saturated carbocycles. The van der Waals surface area contributed by atoms with E-state index in [-0.39, 0.29) is 28.4 Å². The Morgan fingerprint density at radius 1 is 1.27 bits per heavy atom. The third-order valence-electron chi connectivity index (χ3n) is 7.29. The van der Waals surface area contributed by atoms with E-state index in [0.717, 1.165) is 6.92 Å². The van der Waals surface area contributed by atoms with Crippen LogP contribution in [0.2, 0.25) is 5.15 Å². The molecule has 1 aromatic heterocycles. The van der Waals surface area contributed by atoms with E-state index in [0.29, 0.717) is 74.3 Å². The molecule has 0 bridgehead atoms. The Labute approximate surface area is 221 Å². The monoisotopic (exact) mass is 565 g/mol. The van der Waals surface area contributed by atoms with Gasteiger partial charge in [-0.25, -0.2) is 13.4 Å². The van der Waals surface area contributed by atoms with Crippen LogP contribution in [0.15, 0.2) is 17.4 Å². The van der Waals surface area contributed by atoms with Crippen molar-refractivity contribution in [3.63, 3.8) is 0 Å². The number of aryl methyl sites for hydroxylation is 1. The maximum atomic E-state index is 13.0. The maximum Gasteiger partial charge on any atom is 0.391 e. The lowest BCUT2D eigenvalue weighted by Gasteiger charge is -2.27. The Hall–Kier alpha value is -2.01. The minimum atomic E-state index is -4.27. The number of methoxy groups -OCH3 is 1. The number of carbonyl (C=O) groups is 1. The minimum Gasteiger partial charge on any atom is -0.495 e. The van der Waals surface area contributed by atoms with Gasteiger partial charge in [-0.2, -0.15) is 13.2 Å². The van der Waals surface area contributed by atoms with Crippen LogP contribution in [-0.4, -0.2) is 55.2 Å². The summed E-state index contributed by atoms with van der Waals surface area (Å²) in [6, 6.07) is 0. The van der Waals surface area contributed by atoms with Crippen LogP contribution in [0.5, 0.6) is 0 Å². The summed E-state index contributed by atoms with van der Waals surface area (Å²) in [5, 5.41) is 2.69. The smallest absolute Gasteiger partial charge is 0.391 e. The van der Waals surface area contributed by atoms with E-state index < -0.39 is 27.8 Å². The topological polar surface area (TPSA) is 90.3 Å². The Morgan fingerprint density at radius 3 is 2.46 bits per heavy atom. The van der Waals surface area contributed by atoms with Gasteiger partial charge in [-0.15, -0.1) is 0 Å². The van der Waals surface area contributed by atoms with E-state index in [9.17, 15) is 26.4 Å². The molecule has 3 rings (SSSR count). The highest BCUT2D eigenvalue weighted by molar-refractivity contribution is 7.91. The predicted octanol–water partition coefficient (Wildman–Crippen LogP) is 5.56. The van der Waals surface area contributed by atoms with Gasteiger partial charge >= 0.3 is 6.18 Å². The van der Waals surface area contributed by atoms with E-state index in [1.165, 1.54) is 13.4 Å². The fourth-order valence-corrected chi connectivity index (χ4v) is 6.45. The molecule has 37 heavy (non-hydrogen) atoms. The number of nitrogens with one attached hydrogen (secondary N) is 1. The summed E-state index contributed by atoms with van der Waals surface area (Å²) in [6.07, 6.45) is 2.40. The highest BCUT2D eigenvalue weighted by atomic mass is 35.5. The molecule has 7 nitrogen and oxygen atoms in total.